The highest BCUT2D eigenvalue weighted by Gasteiger charge is 2.17. The number of rotatable bonds is 8. The van der Waals surface area contributed by atoms with Gasteiger partial charge in [-0.1, -0.05) is 23.5 Å². The van der Waals surface area contributed by atoms with E-state index >= 15 is 0 Å². The number of benzene rings is 1. The van der Waals surface area contributed by atoms with Gasteiger partial charge in [0.1, 0.15) is 10.4 Å². The Bertz CT molecular complexity index is 1230. The van der Waals surface area contributed by atoms with Crippen LogP contribution in [0.1, 0.15) is 27.9 Å². The van der Waals surface area contributed by atoms with Gasteiger partial charge in [0, 0.05) is 18.0 Å². The SMILES string of the molecule is CCn1cnc2nc(Nc3nc(C)c(C(=O)O)s3)nc(NCc3ccc(SC)cc3)c21. The molecule has 0 bridgehead atoms. The second-order valence-corrected chi connectivity index (χ2v) is 8.54. The smallest absolute Gasteiger partial charge is 0.347 e. The fourth-order valence-corrected chi connectivity index (χ4v) is 4.28. The number of imidazole rings is 1. The molecule has 0 saturated carbocycles. The molecule has 0 amide bonds. The van der Waals surface area contributed by atoms with Crippen LogP contribution in [0.3, 0.4) is 0 Å². The van der Waals surface area contributed by atoms with Crippen LogP contribution in [0, 0.1) is 6.92 Å². The van der Waals surface area contributed by atoms with Gasteiger partial charge < -0.3 is 15.0 Å². The molecule has 9 nitrogen and oxygen atoms in total. The molecule has 0 spiro atoms. The lowest BCUT2D eigenvalue weighted by Crippen LogP contribution is -2.07. The standard InChI is InChI=1S/C20H21N7O2S2/c1-4-27-10-22-17-14(27)16(21-9-12-5-7-13(30-3)8-6-12)24-19(25-17)26-20-23-11(2)15(31-20)18(28)29/h5-8,10H,4,9H2,1-3H3,(H,28,29)(H2,21,23,24,25,26). The summed E-state index contributed by atoms with van der Waals surface area (Å²) in [5, 5.41) is 16.1. The van der Waals surface area contributed by atoms with Crippen LogP contribution >= 0.6 is 23.1 Å². The van der Waals surface area contributed by atoms with Crippen LogP contribution < -0.4 is 10.6 Å². The van der Waals surface area contributed by atoms with Crippen LogP contribution in [-0.4, -0.2) is 41.8 Å². The normalized spacial score (nSPS) is 11.1. The highest BCUT2D eigenvalue weighted by Crippen LogP contribution is 2.27. The van der Waals surface area contributed by atoms with Gasteiger partial charge in [-0.25, -0.2) is 14.8 Å². The Kier molecular flexibility index (Phi) is 6.05. The Morgan fingerprint density at radius 1 is 1.23 bits per heavy atom. The van der Waals surface area contributed by atoms with E-state index in [1.54, 1.807) is 25.0 Å². The molecule has 0 aliphatic carbocycles. The summed E-state index contributed by atoms with van der Waals surface area (Å²) in [5.41, 5.74) is 2.94. The van der Waals surface area contributed by atoms with E-state index in [2.05, 4.69) is 61.1 Å². The summed E-state index contributed by atoms with van der Waals surface area (Å²) in [6, 6.07) is 8.34. The predicted molar refractivity (Wildman–Crippen MR) is 124 cm³/mol. The molecule has 160 valence electrons. The molecule has 4 rings (SSSR count). The molecule has 0 fully saturated rings. The third-order valence-corrected chi connectivity index (χ3v) is 6.45. The topological polar surface area (TPSA) is 118 Å². The Labute approximate surface area is 187 Å². The number of carboxylic acids is 1. The molecule has 3 N–H and O–H groups in total. The number of fused-ring (bicyclic) bond motifs is 1. The van der Waals surface area contributed by atoms with Gasteiger partial charge in [0.25, 0.3) is 0 Å². The van der Waals surface area contributed by atoms with Crippen molar-refractivity contribution in [1.29, 1.82) is 0 Å². The van der Waals surface area contributed by atoms with Crippen molar-refractivity contribution in [3.8, 4) is 0 Å². The zero-order chi connectivity index (χ0) is 22.0. The van der Waals surface area contributed by atoms with Crippen molar-refractivity contribution >= 4 is 57.1 Å². The molecule has 0 aliphatic rings. The maximum atomic E-state index is 11.3. The molecule has 3 heterocycles. The van der Waals surface area contributed by atoms with Crippen LogP contribution in [-0.2, 0) is 13.1 Å². The van der Waals surface area contributed by atoms with Gasteiger partial charge in [0.15, 0.2) is 16.6 Å². The fourth-order valence-electron chi connectivity index (χ4n) is 3.07. The zero-order valence-electron chi connectivity index (χ0n) is 17.2. The van der Waals surface area contributed by atoms with Crippen molar-refractivity contribution in [2.24, 2.45) is 0 Å². The number of aryl methyl sites for hydroxylation is 2. The van der Waals surface area contributed by atoms with Crippen molar-refractivity contribution < 1.29 is 9.90 Å². The predicted octanol–water partition coefficient (Wildman–Crippen LogP) is 4.39. The van der Waals surface area contributed by atoms with Gasteiger partial charge in [-0.3, -0.25) is 5.32 Å². The molecular weight excluding hydrogens is 434 g/mol. The molecule has 11 heteroatoms. The Balaban J connectivity index is 1.64. The van der Waals surface area contributed by atoms with E-state index < -0.39 is 5.97 Å². The van der Waals surface area contributed by atoms with Crippen LogP contribution in [0.15, 0.2) is 35.5 Å². The molecule has 0 saturated heterocycles. The summed E-state index contributed by atoms with van der Waals surface area (Å²) in [4.78, 5) is 30.5. The van der Waals surface area contributed by atoms with Gasteiger partial charge in [0.05, 0.1) is 12.0 Å². The third kappa shape index (κ3) is 4.47. The second kappa shape index (κ2) is 8.90. The number of hydrogen-bond donors (Lipinski definition) is 3. The minimum Gasteiger partial charge on any atom is -0.477 e. The zero-order valence-corrected chi connectivity index (χ0v) is 18.8. The Hall–Kier alpha value is -3.18. The van der Waals surface area contributed by atoms with E-state index in [-0.39, 0.29) is 4.88 Å². The molecular formula is C20H21N7O2S2. The number of carboxylic acid groups (broad SMARTS) is 1. The Morgan fingerprint density at radius 2 is 2.00 bits per heavy atom. The lowest BCUT2D eigenvalue weighted by atomic mass is 10.2. The highest BCUT2D eigenvalue weighted by atomic mass is 32.2. The van der Waals surface area contributed by atoms with Gasteiger partial charge in [-0.05, 0) is 37.8 Å². The van der Waals surface area contributed by atoms with E-state index in [9.17, 15) is 9.90 Å². The fraction of sp³-hybridized carbons (Fsp3) is 0.250. The number of anilines is 3. The largest absolute Gasteiger partial charge is 0.477 e. The summed E-state index contributed by atoms with van der Waals surface area (Å²) in [7, 11) is 0. The quantitative estimate of drug-likeness (QED) is 0.332. The monoisotopic (exact) mass is 455 g/mol. The van der Waals surface area contributed by atoms with Crippen molar-refractivity contribution in [1.82, 2.24) is 24.5 Å². The average Bonchev–Trinajstić information content (AvgIpc) is 3.35. The number of aromatic nitrogens is 5. The molecule has 31 heavy (non-hydrogen) atoms. The molecule has 3 aromatic heterocycles. The van der Waals surface area contributed by atoms with Crippen molar-refractivity contribution in [2.75, 3.05) is 16.9 Å². The van der Waals surface area contributed by atoms with Gasteiger partial charge in [0.2, 0.25) is 5.95 Å². The van der Waals surface area contributed by atoms with Gasteiger partial charge >= 0.3 is 5.97 Å². The second-order valence-electron chi connectivity index (χ2n) is 6.66. The first-order valence-corrected chi connectivity index (χ1v) is 11.6. The summed E-state index contributed by atoms with van der Waals surface area (Å²) < 4.78 is 1.98. The molecule has 0 radical (unpaired) electrons. The van der Waals surface area contributed by atoms with Crippen LogP contribution in [0.25, 0.3) is 11.2 Å². The maximum absolute atomic E-state index is 11.3. The minimum absolute atomic E-state index is 0.186. The van der Waals surface area contributed by atoms with Crippen LogP contribution in [0.5, 0.6) is 0 Å². The number of hydrogen-bond acceptors (Lipinski definition) is 9. The highest BCUT2D eigenvalue weighted by molar-refractivity contribution is 7.98. The van der Waals surface area contributed by atoms with E-state index in [0.29, 0.717) is 34.8 Å². The third-order valence-electron chi connectivity index (χ3n) is 4.64. The van der Waals surface area contributed by atoms with Crippen LogP contribution in [0.4, 0.5) is 16.9 Å². The van der Waals surface area contributed by atoms with Gasteiger partial charge in [-0.2, -0.15) is 9.97 Å². The summed E-state index contributed by atoms with van der Waals surface area (Å²) >= 11 is 2.75. The molecule has 4 aromatic rings. The van der Waals surface area contributed by atoms with Crippen LogP contribution in [0.2, 0.25) is 0 Å². The maximum Gasteiger partial charge on any atom is 0.347 e. The molecule has 0 unspecified atom stereocenters. The van der Waals surface area contributed by atoms with Crippen molar-refractivity contribution in [3.63, 3.8) is 0 Å². The Morgan fingerprint density at radius 3 is 2.65 bits per heavy atom. The number of thioether (sulfide) groups is 1. The number of aromatic carboxylic acids is 1. The number of thiazole rings is 1. The van der Waals surface area contributed by atoms with E-state index in [4.69, 9.17) is 0 Å². The molecule has 0 atom stereocenters. The number of nitrogens with zero attached hydrogens (tertiary/aromatic N) is 5. The lowest BCUT2D eigenvalue weighted by Gasteiger charge is -2.11. The summed E-state index contributed by atoms with van der Waals surface area (Å²) in [6.07, 6.45) is 3.78. The lowest BCUT2D eigenvalue weighted by molar-refractivity contribution is 0.0701. The van der Waals surface area contributed by atoms with Crippen molar-refractivity contribution in [3.05, 3.63) is 46.7 Å². The number of carbonyl (C=O) groups is 1. The van der Waals surface area contributed by atoms with E-state index in [0.717, 1.165) is 29.0 Å². The van der Waals surface area contributed by atoms with E-state index in [1.807, 2.05) is 11.5 Å². The summed E-state index contributed by atoms with van der Waals surface area (Å²) in [5.74, 6) is -0.0525. The van der Waals surface area contributed by atoms with Gasteiger partial charge in [-0.15, -0.1) is 11.8 Å². The minimum atomic E-state index is -1.00. The first kappa shape index (κ1) is 21.1. The average molecular weight is 456 g/mol. The van der Waals surface area contributed by atoms with E-state index in [1.165, 1.54) is 4.90 Å². The number of nitrogens with one attached hydrogen (secondary N) is 2. The first-order valence-electron chi connectivity index (χ1n) is 9.56. The van der Waals surface area contributed by atoms with Crippen molar-refractivity contribution in [2.45, 2.75) is 31.8 Å². The first-order chi connectivity index (χ1) is 15.0. The summed E-state index contributed by atoms with van der Waals surface area (Å²) in [6.45, 7) is 5.02. The molecule has 1 aromatic carbocycles. The molecule has 0 aliphatic heterocycles.